The largest absolute Gasteiger partial charge is 0.316 e. The molecule has 0 amide bonds. The second-order valence-corrected chi connectivity index (χ2v) is 10.4. The molecule has 7 heteroatoms. The fraction of sp³-hybridized carbons (Fsp3) is 0.333. The van der Waals surface area contributed by atoms with Gasteiger partial charge in [0, 0.05) is 29.3 Å². The Bertz CT molecular complexity index is 1220. The maximum absolute atomic E-state index is 12.5. The van der Waals surface area contributed by atoms with E-state index in [1.165, 1.54) is 4.21 Å². The summed E-state index contributed by atoms with van der Waals surface area (Å²) in [5.41, 5.74) is 0.228. The zero-order valence-electron chi connectivity index (χ0n) is 18.3. The number of rotatable bonds is 8. The van der Waals surface area contributed by atoms with Gasteiger partial charge in [0.1, 0.15) is 10.7 Å². The van der Waals surface area contributed by atoms with Crippen molar-refractivity contribution in [1.82, 2.24) is 14.9 Å². The third-order valence-corrected chi connectivity index (χ3v) is 7.14. The second kappa shape index (κ2) is 10.8. The monoisotopic (exact) mass is 455 g/mol. The molecule has 0 radical (unpaired) electrons. The highest BCUT2D eigenvalue weighted by Gasteiger charge is 2.12. The highest BCUT2D eigenvalue weighted by molar-refractivity contribution is 8.01. The summed E-state index contributed by atoms with van der Waals surface area (Å²) in [5.74, 6) is 1.01. The maximum Gasteiger partial charge on any atom is 0.272 e. The minimum Gasteiger partial charge on any atom is -0.316 e. The molecule has 0 unspecified atom stereocenters. The minimum atomic E-state index is -0.316. The van der Waals surface area contributed by atoms with E-state index in [0.29, 0.717) is 12.1 Å². The Hall–Kier alpha value is -2.35. The number of aromatic amines is 2. The van der Waals surface area contributed by atoms with Crippen LogP contribution in [0.4, 0.5) is 0 Å². The molecule has 2 aromatic heterocycles. The van der Waals surface area contributed by atoms with Gasteiger partial charge in [0.15, 0.2) is 0 Å². The average Bonchev–Trinajstić information content (AvgIpc) is 3.16. The van der Waals surface area contributed by atoms with Gasteiger partial charge in [-0.25, -0.2) is 0 Å². The molecule has 0 aliphatic rings. The van der Waals surface area contributed by atoms with Gasteiger partial charge in [-0.3, -0.25) is 14.5 Å². The van der Waals surface area contributed by atoms with E-state index in [9.17, 15) is 9.59 Å². The molecule has 1 aromatic carbocycles. The predicted octanol–water partition coefficient (Wildman–Crippen LogP) is 2.99. The number of hydrogen-bond acceptors (Lipinski definition) is 5. The van der Waals surface area contributed by atoms with Gasteiger partial charge in [0.05, 0.1) is 4.21 Å². The van der Waals surface area contributed by atoms with Crippen molar-refractivity contribution < 1.29 is 0 Å². The minimum absolute atomic E-state index is 0.246. The van der Waals surface area contributed by atoms with E-state index < -0.39 is 0 Å². The Morgan fingerprint density at radius 1 is 0.903 bits per heavy atom. The molecular weight excluding hydrogens is 426 g/mol. The normalized spacial score (nSPS) is 13.1. The van der Waals surface area contributed by atoms with E-state index in [2.05, 4.69) is 48.6 Å². The van der Waals surface area contributed by atoms with Crippen molar-refractivity contribution in [1.29, 1.82) is 0 Å². The zero-order valence-corrected chi connectivity index (χ0v) is 20.0. The molecule has 5 nitrogen and oxygen atoms in total. The van der Waals surface area contributed by atoms with Crippen LogP contribution in [0, 0.1) is 0 Å². The summed E-state index contributed by atoms with van der Waals surface area (Å²) in [6.45, 7) is 9.94. The van der Waals surface area contributed by atoms with Gasteiger partial charge in [0.25, 0.3) is 11.1 Å². The van der Waals surface area contributed by atoms with Crippen LogP contribution in [-0.2, 0) is 0 Å². The number of benzene rings is 1. The third kappa shape index (κ3) is 6.56. The van der Waals surface area contributed by atoms with Gasteiger partial charge in [0.2, 0.25) is 0 Å². The maximum atomic E-state index is 12.5. The summed E-state index contributed by atoms with van der Waals surface area (Å²) in [7, 11) is 0. The van der Waals surface area contributed by atoms with Crippen LogP contribution in [0.3, 0.4) is 0 Å². The molecule has 0 bridgehead atoms. The molecule has 164 valence electrons. The Labute approximate surface area is 190 Å². The van der Waals surface area contributed by atoms with Crippen LogP contribution in [0.2, 0.25) is 0 Å². The van der Waals surface area contributed by atoms with E-state index in [1.807, 2.05) is 48.2 Å². The third-order valence-electron chi connectivity index (χ3n) is 4.91. The highest BCUT2D eigenvalue weighted by atomic mass is 32.2. The number of nitrogens with one attached hydrogen (secondary N) is 2. The van der Waals surface area contributed by atoms with Crippen LogP contribution in [-0.4, -0.2) is 39.2 Å². The second-order valence-electron chi connectivity index (χ2n) is 7.87. The van der Waals surface area contributed by atoms with Crippen molar-refractivity contribution in [2.45, 2.75) is 44.0 Å². The number of nitrogens with zero attached hydrogens (tertiary/aromatic N) is 1. The molecule has 2 N–H and O–H groups in total. The van der Waals surface area contributed by atoms with Gasteiger partial charge in [-0.15, -0.1) is 23.1 Å². The zero-order chi connectivity index (χ0) is 22.4. The van der Waals surface area contributed by atoms with Gasteiger partial charge in [-0.05, 0) is 57.5 Å². The Morgan fingerprint density at radius 2 is 1.52 bits per heavy atom. The number of H-pyrrole nitrogens is 2. The summed E-state index contributed by atoms with van der Waals surface area (Å²) in [4.78, 5) is 33.7. The lowest BCUT2D eigenvalue weighted by molar-refractivity contribution is 0.187. The first-order valence-corrected chi connectivity index (χ1v) is 12.2. The number of thiophene rings is 1. The first-order chi connectivity index (χ1) is 14.8. The van der Waals surface area contributed by atoms with Crippen molar-refractivity contribution in [3.8, 4) is 0 Å². The van der Waals surface area contributed by atoms with Crippen LogP contribution in [0.5, 0.6) is 0 Å². The standard InChI is InChI=1S/C24H29N3O2S2/c1-16(2)27(17(3)4)12-13-30-22-11-10-19(31-22)15-21-24(29)25-20(23(28)26-21)14-18-8-6-5-7-9-18/h5-11,14-17H,12-13H2,1-4H3,(H,25,29)(H,26,28). The predicted molar refractivity (Wildman–Crippen MR) is 133 cm³/mol. The number of thioether (sulfide) groups is 1. The van der Waals surface area contributed by atoms with Crippen LogP contribution in [0.15, 0.2) is 56.3 Å². The smallest absolute Gasteiger partial charge is 0.272 e. The lowest BCUT2D eigenvalue weighted by Gasteiger charge is -2.30. The van der Waals surface area contributed by atoms with E-state index >= 15 is 0 Å². The average molecular weight is 456 g/mol. The van der Waals surface area contributed by atoms with Crippen LogP contribution in [0.1, 0.15) is 38.1 Å². The van der Waals surface area contributed by atoms with Gasteiger partial charge in [-0.2, -0.15) is 0 Å². The lowest BCUT2D eigenvalue weighted by atomic mass is 10.2. The van der Waals surface area contributed by atoms with Gasteiger partial charge in [-0.1, -0.05) is 30.3 Å². The Balaban J connectivity index is 1.75. The Kier molecular flexibility index (Phi) is 8.12. The van der Waals surface area contributed by atoms with Crippen LogP contribution in [0.25, 0.3) is 12.2 Å². The van der Waals surface area contributed by atoms with Crippen LogP contribution >= 0.6 is 23.1 Å². The fourth-order valence-electron chi connectivity index (χ4n) is 3.41. The molecule has 0 aliphatic heterocycles. The van der Waals surface area contributed by atoms with Crippen molar-refractivity contribution in [2.75, 3.05) is 12.3 Å². The molecule has 3 aromatic rings. The van der Waals surface area contributed by atoms with Crippen molar-refractivity contribution >= 4 is 35.3 Å². The van der Waals surface area contributed by atoms with Crippen molar-refractivity contribution in [3.05, 3.63) is 84.3 Å². The van der Waals surface area contributed by atoms with Crippen LogP contribution < -0.4 is 21.8 Å². The molecule has 3 rings (SSSR count). The summed E-state index contributed by atoms with van der Waals surface area (Å²) >= 11 is 3.44. The van der Waals surface area contributed by atoms with Gasteiger partial charge >= 0.3 is 0 Å². The molecule has 0 aliphatic carbocycles. The van der Waals surface area contributed by atoms with Crippen molar-refractivity contribution in [2.24, 2.45) is 0 Å². The topological polar surface area (TPSA) is 69.0 Å². The van der Waals surface area contributed by atoms with E-state index in [0.717, 1.165) is 22.7 Å². The first kappa shape index (κ1) is 23.3. The molecule has 0 atom stereocenters. The SMILES string of the molecule is CC(C)N(CCSc1ccc(C=c2[nH]c(=O)c(=Cc3ccccc3)[nH]c2=O)s1)C(C)C. The molecule has 0 saturated carbocycles. The molecule has 31 heavy (non-hydrogen) atoms. The summed E-state index contributed by atoms with van der Waals surface area (Å²) < 4.78 is 1.20. The summed E-state index contributed by atoms with van der Waals surface area (Å²) in [6, 6.07) is 14.5. The summed E-state index contributed by atoms with van der Waals surface area (Å²) in [6.07, 6.45) is 3.40. The van der Waals surface area contributed by atoms with E-state index in [4.69, 9.17) is 0 Å². The van der Waals surface area contributed by atoms with Gasteiger partial charge < -0.3 is 9.97 Å². The highest BCUT2D eigenvalue weighted by Crippen LogP contribution is 2.27. The van der Waals surface area contributed by atoms with E-state index in [1.54, 1.807) is 23.5 Å². The van der Waals surface area contributed by atoms with Crippen molar-refractivity contribution in [3.63, 3.8) is 0 Å². The molecule has 0 saturated heterocycles. The number of aromatic nitrogens is 2. The molecule has 2 heterocycles. The molecule has 0 fully saturated rings. The molecule has 0 spiro atoms. The Morgan fingerprint density at radius 3 is 2.13 bits per heavy atom. The summed E-state index contributed by atoms with van der Waals surface area (Å²) in [5, 5.41) is 0.509. The quantitative estimate of drug-likeness (QED) is 0.513. The lowest BCUT2D eigenvalue weighted by Crippen LogP contribution is -2.46. The van der Waals surface area contributed by atoms with E-state index in [-0.39, 0.29) is 21.8 Å². The number of hydrogen-bond donors (Lipinski definition) is 2. The fourth-order valence-corrected chi connectivity index (χ4v) is 5.53. The first-order valence-electron chi connectivity index (χ1n) is 10.4. The molecular formula is C24H29N3O2S2.